The average Bonchev–Trinajstić information content (AvgIpc) is 3.20. The summed E-state index contributed by atoms with van der Waals surface area (Å²) in [4.78, 5) is 12.1. The van der Waals surface area contributed by atoms with Crippen molar-refractivity contribution >= 4 is 29.2 Å². The van der Waals surface area contributed by atoms with Gasteiger partial charge in [0.2, 0.25) is 0 Å². The average molecular weight is 466 g/mol. The normalized spacial score (nSPS) is 18.6. The fourth-order valence-electron chi connectivity index (χ4n) is 3.95. The number of benzene rings is 1. The first-order valence-electron chi connectivity index (χ1n) is 10.6. The molecule has 1 fully saturated rings. The first-order valence-corrected chi connectivity index (χ1v) is 11.3. The third-order valence-electron chi connectivity index (χ3n) is 5.72. The highest BCUT2D eigenvalue weighted by atomic mass is 35.5. The zero-order valence-corrected chi connectivity index (χ0v) is 19.3. The van der Waals surface area contributed by atoms with E-state index in [0.717, 1.165) is 45.0 Å². The lowest BCUT2D eigenvalue weighted by Gasteiger charge is -2.29. The van der Waals surface area contributed by atoms with Gasteiger partial charge >= 0.3 is 5.97 Å². The monoisotopic (exact) mass is 465 g/mol. The van der Waals surface area contributed by atoms with Crippen molar-refractivity contribution in [2.45, 2.75) is 38.5 Å². The van der Waals surface area contributed by atoms with Crippen molar-refractivity contribution in [2.24, 2.45) is 0 Å². The van der Waals surface area contributed by atoms with Crippen LogP contribution in [0.2, 0.25) is 10.0 Å². The molecule has 31 heavy (non-hydrogen) atoms. The van der Waals surface area contributed by atoms with Gasteiger partial charge in [0, 0.05) is 24.4 Å². The summed E-state index contributed by atoms with van der Waals surface area (Å²) in [6.45, 7) is 9.59. The Morgan fingerprint density at radius 2 is 2.00 bits per heavy atom. The lowest BCUT2D eigenvalue weighted by molar-refractivity contribution is -0.132. The maximum absolute atomic E-state index is 9.60. The van der Waals surface area contributed by atoms with Crippen LogP contribution >= 0.6 is 23.2 Å². The third-order valence-corrected chi connectivity index (χ3v) is 6.46. The van der Waals surface area contributed by atoms with Gasteiger partial charge in [-0.3, -0.25) is 4.90 Å². The molecule has 0 bridgehead atoms. The maximum Gasteiger partial charge on any atom is 0.330 e. The molecule has 1 unspecified atom stereocenters. The Hall–Kier alpha value is -1.86. The van der Waals surface area contributed by atoms with Crippen LogP contribution in [0.4, 0.5) is 0 Å². The van der Waals surface area contributed by atoms with E-state index in [9.17, 15) is 4.79 Å². The van der Waals surface area contributed by atoms with E-state index < -0.39 is 5.97 Å². The van der Waals surface area contributed by atoms with Crippen LogP contribution in [0.5, 0.6) is 0 Å². The van der Waals surface area contributed by atoms with Gasteiger partial charge in [0.15, 0.2) is 0 Å². The molecule has 8 heteroatoms. The number of halogens is 2. The van der Waals surface area contributed by atoms with Crippen LogP contribution in [0, 0.1) is 0 Å². The first kappa shape index (κ1) is 23.8. The highest BCUT2D eigenvalue weighted by Crippen LogP contribution is 2.35. The van der Waals surface area contributed by atoms with Crippen molar-refractivity contribution in [1.29, 1.82) is 0 Å². The van der Waals surface area contributed by atoms with Crippen molar-refractivity contribution in [3.63, 3.8) is 0 Å². The van der Waals surface area contributed by atoms with E-state index in [1.165, 1.54) is 37.4 Å². The Morgan fingerprint density at radius 1 is 1.29 bits per heavy atom. The standard InChI is InChI=1S/C19H23Cl2N3O.C4H6O2/c20-17-5-4-15(12-18(17)21)24-19-3-1-2-14(16(19)13-22-24)6-7-23-8-10-25-11-9-23;1-3(2)4(5)6/h4-5,12-14H,1-3,6-11H2;1H2,2H3,(H,5,6). The van der Waals surface area contributed by atoms with Crippen LogP contribution < -0.4 is 0 Å². The molecular formula is C23H29Cl2N3O3. The van der Waals surface area contributed by atoms with Crippen LogP contribution in [0.25, 0.3) is 5.69 Å². The van der Waals surface area contributed by atoms with Crippen molar-refractivity contribution in [1.82, 2.24) is 14.7 Å². The SMILES string of the molecule is C=C(C)C(=O)O.Clc1ccc(-n2ncc3c2CCCC3CCN2CCOCC2)cc1Cl. The van der Waals surface area contributed by atoms with E-state index in [-0.39, 0.29) is 5.57 Å². The zero-order valence-electron chi connectivity index (χ0n) is 17.8. The van der Waals surface area contributed by atoms with Crippen molar-refractivity contribution in [2.75, 3.05) is 32.8 Å². The van der Waals surface area contributed by atoms with Gasteiger partial charge in [-0.2, -0.15) is 5.10 Å². The number of fused-ring (bicyclic) bond motifs is 1. The van der Waals surface area contributed by atoms with E-state index in [2.05, 4.69) is 22.8 Å². The number of carboxylic acid groups (broad SMARTS) is 1. The number of aliphatic carboxylic acids is 1. The van der Waals surface area contributed by atoms with Gasteiger partial charge in [-0.05, 0) is 68.8 Å². The molecule has 1 aromatic heterocycles. The Kier molecular flexibility index (Phi) is 8.55. The highest BCUT2D eigenvalue weighted by molar-refractivity contribution is 6.42. The summed E-state index contributed by atoms with van der Waals surface area (Å²) in [6, 6.07) is 5.72. The number of carboxylic acids is 1. The molecule has 0 spiro atoms. The molecule has 0 saturated carbocycles. The van der Waals surface area contributed by atoms with Crippen LogP contribution in [0.3, 0.4) is 0 Å². The largest absolute Gasteiger partial charge is 0.478 e. The minimum atomic E-state index is -0.935. The number of ether oxygens (including phenoxy) is 1. The van der Waals surface area contributed by atoms with Gasteiger partial charge in [0.05, 0.1) is 35.1 Å². The number of aromatic nitrogens is 2. The molecule has 0 radical (unpaired) electrons. The first-order chi connectivity index (χ1) is 14.9. The molecule has 2 heterocycles. The Morgan fingerprint density at radius 3 is 2.65 bits per heavy atom. The molecule has 1 aliphatic carbocycles. The second-order valence-electron chi connectivity index (χ2n) is 7.97. The van der Waals surface area contributed by atoms with Crippen molar-refractivity contribution < 1.29 is 14.6 Å². The molecule has 4 rings (SSSR count). The summed E-state index contributed by atoms with van der Waals surface area (Å²) >= 11 is 12.2. The Balaban J connectivity index is 0.000000401. The molecule has 6 nitrogen and oxygen atoms in total. The van der Waals surface area contributed by atoms with Gasteiger partial charge in [0.1, 0.15) is 0 Å². The summed E-state index contributed by atoms with van der Waals surface area (Å²) in [6.07, 6.45) is 6.79. The lowest BCUT2D eigenvalue weighted by atomic mass is 9.84. The van der Waals surface area contributed by atoms with Gasteiger partial charge in [0.25, 0.3) is 0 Å². The maximum atomic E-state index is 9.60. The fraction of sp³-hybridized carbons (Fsp3) is 0.478. The van der Waals surface area contributed by atoms with Crippen molar-refractivity contribution in [3.05, 3.63) is 57.9 Å². The van der Waals surface area contributed by atoms with Gasteiger partial charge in [-0.1, -0.05) is 29.8 Å². The lowest BCUT2D eigenvalue weighted by Crippen LogP contribution is -2.37. The topological polar surface area (TPSA) is 67.6 Å². The van der Waals surface area contributed by atoms with E-state index in [1.807, 2.05) is 22.9 Å². The minimum absolute atomic E-state index is 0.176. The summed E-state index contributed by atoms with van der Waals surface area (Å²) in [7, 11) is 0. The van der Waals surface area contributed by atoms with E-state index >= 15 is 0 Å². The second-order valence-corrected chi connectivity index (χ2v) is 8.79. The number of hydrogen-bond donors (Lipinski definition) is 1. The third kappa shape index (κ3) is 6.32. The molecule has 1 aliphatic heterocycles. The fourth-order valence-corrected chi connectivity index (χ4v) is 4.24. The van der Waals surface area contributed by atoms with Gasteiger partial charge in [-0.15, -0.1) is 0 Å². The van der Waals surface area contributed by atoms with E-state index in [1.54, 1.807) is 0 Å². The predicted octanol–water partition coefficient (Wildman–Crippen LogP) is 4.97. The van der Waals surface area contributed by atoms with Crippen LogP contribution in [0.1, 0.15) is 43.4 Å². The van der Waals surface area contributed by atoms with Crippen LogP contribution in [0.15, 0.2) is 36.5 Å². The molecular weight excluding hydrogens is 437 g/mol. The Labute approximate surface area is 193 Å². The number of rotatable bonds is 5. The molecule has 2 aliphatic rings. The van der Waals surface area contributed by atoms with Gasteiger partial charge in [-0.25, -0.2) is 9.48 Å². The number of hydrogen-bond acceptors (Lipinski definition) is 4. The summed E-state index contributed by atoms with van der Waals surface area (Å²) in [5, 5.41) is 13.7. The quantitative estimate of drug-likeness (QED) is 0.631. The summed E-state index contributed by atoms with van der Waals surface area (Å²) < 4.78 is 7.48. The number of carbonyl (C=O) groups is 1. The molecule has 1 aromatic carbocycles. The number of nitrogens with zero attached hydrogens (tertiary/aromatic N) is 3. The highest BCUT2D eigenvalue weighted by Gasteiger charge is 2.25. The van der Waals surface area contributed by atoms with Crippen LogP contribution in [-0.4, -0.2) is 58.6 Å². The second kappa shape index (κ2) is 11.1. The molecule has 1 N–H and O–H groups in total. The van der Waals surface area contributed by atoms with Gasteiger partial charge < -0.3 is 9.84 Å². The molecule has 2 aromatic rings. The summed E-state index contributed by atoms with van der Waals surface area (Å²) in [5.41, 5.74) is 3.90. The molecule has 1 saturated heterocycles. The molecule has 1 atom stereocenters. The van der Waals surface area contributed by atoms with Crippen molar-refractivity contribution in [3.8, 4) is 5.69 Å². The van der Waals surface area contributed by atoms with E-state index in [0.29, 0.717) is 16.0 Å². The predicted molar refractivity (Wildman–Crippen MR) is 124 cm³/mol. The molecule has 0 amide bonds. The zero-order chi connectivity index (χ0) is 22.4. The molecule has 168 valence electrons. The number of morpholine rings is 1. The smallest absolute Gasteiger partial charge is 0.330 e. The van der Waals surface area contributed by atoms with Crippen LogP contribution in [-0.2, 0) is 16.0 Å². The Bertz CT molecular complexity index is 911. The van der Waals surface area contributed by atoms with E-state index in [4.69, 9.17) is 33.0 Å². The summed E-state index contributed by atoms with van der Waals surface area (Å²) in [5.74, 6) is -0.335. The minimum Gasteiger partial charge on any atom is -0.478 e.